The van der Waals surface area contributed by atoms with Gasteiger partial charge in [-0.05, 0) is 36.0 Å². The molecule has 3 heteroatoms. The number of rotatable bonds is 2. The summed E-state index contributed by atoms with van der Waals surface area (Å²) >= 11 is 0. The lowest BCUT2D eigenvalue weighted by atomic mass is 9.97. The van der Waals surface area contributed by atoms with Crippen LogP contribution in [-0.4, -0.2) is 14.9 Å². The van der Waals surface area contributed by atoms with Crippen molar-refractivity contribution in [2.75, 3.05) is 0 Å². The van der Waals surface area contributed by atoms with Gasteiger partial charge < -0.3 is 5.11 Å². The lowest BCUT2D eigenvalue weighted by Gasteiger charge is -2.15. The number of benzene rings is 1. The lowest BCUT2D eigenvalue weighted by molar-refractivity contribution is 0.108. The van der Waals surface area contributed by atoms with E-state index in [1.807, 2.05) is 19.3 Å². The zero-order chi connectivity index (χ0) is 11.8. The van der Waals surface area contributed by atoms with E-state index in [0.29, 0.717) is 0 Å². The molecule has 1 aromatic carbocycles. The molecule has 3 rings (SSSR count). The van der Waals surface area contributed by atoms with Gasteiger partial charge in [0.2, 0.25) is 0 Å². The van der Waals surface area contributed by atoms with Crippen LogP contribution in [0.15, 0.2) is 36.5 Å². The SMILES string of the molecule is Cn1ccc(C(O)C2Cc3ccccc3C2)n1. The van der Waals surface area contributed by atoms with E-state index in [0.717, 1.165) is 18.5 Å². The molecule has 0 saturated heterocycles. The summed E-state index contributed by atoms with van der Waals surface area (Å²) in [6.45, 7) is 0. The smallest absolute Gasteiger partial charge is 0.101 e. The van der Waals surface area contributed by atoms with E-state index in [1.165, 1.54) is 11.1 Å². The number of aliphatic hydroxyl groups is 1. The molecule has 0 saturated carbocycles. The first-order chi connectivity index (χ1) is 8.24. The summed E-state index contributed by atoms with van der Waals surface area (Å²) in [6.07, 6.45) is 3.33. The molecule has 0 aliphatic heterocycles. The zero-order valence-electron chi connectivity index (χ0n) is 9.87. The molecule has 17 heavy (non-hydrogen) atoms. The molecule has 1 aromatic heterocycles. The molecule has 1 aliphatic rings. The maximum Gasteiger partial charge on any atom is 0.101 e. The highest BCUT2D eigenvalue weighted by atomic mass is 16.3. The Labute approximate surface area is 101 Å². The normalized spacial score (nSPS) is 17.1. The summed E-state index contributed by atoms with van der Waals surface area (Å²) in [5.41, 5.74) is 3.52. The van der Waals surface area contributed by atoms with Crippen molar-refractivity contribution in [1.82, 2.24) is 9.78 Å². The molecule has 2 aromatic rings. The Balaban J connectivity index is 1.80. The van der Waals surface area contributed by atoms with E-state index in [-0.39, 0.29) is 5.92 Å². The third-order valence-corrected chi connectivity index (χ3v) is 3.57. The second-order valence-corrected chi connectivity index (χ2v) is 4.80. The minimum atomic E-state index is -0.455. The topological polar surface area (TPSA) is 38.0 Å². The Bertz CT molecular complexity index is 508. The van der Waals surface area contributed by atoms with Gasteiger partial charge in [-0.25, -0.2) is 0 Å². The quantitative estimate of drug-likeness (QED) is 0.852. The number of nitrogens with zero attached hydrogens (tertiary/aromatic N) is 2. The van der Waals surface area contributed by atoms with E-state index < -0.39 is 6.10 Å². The fraction of sp³-hybridized carbons (Fsp3) is 0.357. The van der Waals surface area contributed by atoms with Crippen molar-refractivity contribution in [3.63, 3.8) is 0 Å². The standard InChI is InChI=1S/C14H16N2O/c1-16-7-6-13(15-16)14(17)12-8-10-4-2-3-5-11(10)9-12/h2-7,12,14,17H,8-9H2,1H3. The summed E-state index contributed by atoms with van der Waals surface area (Å²) in [6, 6.07) is 10.3. The summed E-state index contributed by atoms with van der Waals surface area (Å²) < 4.78 is 1.74. The van der Waals surface area contributed by atoms with E-state index in [9.17, 15) is 5.11 Å². The molecule has 1 atom stereocenters. The summed E-state index contributed by atoms with van der Waals surface area (Å²) in [5.74, 6) is 0.266. The monoisotopic (exact) mass is 228 g/mol. The Morgan fingerprint density at radius 1 is 1.24 bits per heavy atom. The van der Waals surface area contributed by atoms with Gasteiger partial charge in [0, 0.05) is 13.2 Å². The van der Waals surface area contributed by atoms with Crippen LogP contribution in [0.1, 0.15) is 22.9 Å². The van der Waals surface area contributed by atoms with Crippen molar-refractivity contribution in [3.8, 4) is 0 Å². The zero-order valence-corrected chi connectivity index (χ0v) is 9.87. The third kappa shape index (κ3) is 1.87. The molecule has 1 unspecified atom stereocenters. The van der Waals surface area contributed by atoms with Crippen LogP contribution < -0.4 is 0 Å². The van der Waals surface area contributed by atoms with E-state index >= 15 is 0 Å². The molecule has 0 bridgehead atoms. The third-order valence-electron chi connectivity index (χ3n) is 3.57. The van der Waals surface area contributed by atoms with Crippen molar-refractivity contribution in [2.45, 2.75) is 18.9 Å². The molecule has 0 spiro atoms. The number of aryl methyl sites for hydroxylation is 1. The first kappa shape index (κ1) is 10.5. The van der Waals surface area contributed by atoms with Gasteiger partial charge in [-0.3, -0.25) is 4.68 Å². The number of aromatic nitrogens is 2. The van der Waals surface area contributed by atoms with Gasteiger partial charge in [0.1, 0.15) is 6.10 Å². The number of hydrogen-bond donors (Lipinski definition) is 1. The summed E-state index contributed by atoms with van der Waals surface area (Å²) in [5, 5.41) is 14.6. The first-order valence-corrected chi connectivity index (χ1v) is 5.98. The number of fused-ring (bicyclic) bond motifs is 1. The average molecular weight is 228 g/mol. The Hall–Kier alpha value is -1.61. The van der Waals surface area contributed by atoms with Crippen LogP contribution in [0, 0.1) is 5.92 Å². The highest BCUT2D eigenvalue weighted by Gasteiger charge is 2.29. The number of aliphatic hydroxyl groups excluding tert-OH is 1. The van der Waals surface area contributed by atoms with Gasteiger partial charge in [-0.2, -0.15) is 5.10 Å². The lowest BCUT2D eigenvalue weighted by Crippen LogP contribution is -2.13. The maximum absolute atomic E-state index is 10.3. The highest BCUT2D eigenvalue weighted by molar-refractivity contribution is 5.33. The predicted octanol–water partition coefficient (Wildman–Crippen LogP) is 1.87. The van der Waals surface area contributed by atoms with E-state index in [2.05, 4.69) is 29.4 Å². The second-order valence-electron chi connectivity index (χ2n) is 4.80. The Morgan fingerprint density at radius 3 is 2.41 bits per heavy atom. The van der Waals surface area contributed by atoms with Gasteiger partial charge >= 0.3 is 0 Å². The van der Waals surface area contributed by atoms with Gasteiger partial charge in [0.25, 0.3) is 0 Å². The molecule has 3 nitrogen and oxygen atoms in total. The fourth-order valence-electron chi connectivity index (χ4n) is 2.65. The van der Waals surface area contributed by atoms with Crippen LogP contribution in [0.25, 0.3) is 0 Å². The van der Waals surface area contributed by atoms with Crippen LogP contribution in [0.2, 0.25) is 0 Å². The van der Waals surface area contributed by atoms with Crippen LogP contribution in [-0.2, 0) is 19.9 Å². The van der Waals surface area contributed by atoms with Crippen molar-refractivity contribution in [3.05, 3.63) is 53.3 Å². The van der Waals surface area contributed by atoms with Crippen LogP contribution in [0.5, 0.6) is 0 Å². The largest absolute Gasteiger partial charge is 0.386 e. The molecular weight excluding hydrogens is 212 g/mol. The minimum Gasteiger partial charge on any atom is -0.386 e. The Kier molecular flexibility index (Phi) is 2.48. The fourth-order valence-corrected chi connectivity index (χ4v) is 2.65. The molecular formula is C14H16N2O. The first-order valence-electron chi connectivity index (χ1n) is 5.98. The van der Waals surface area contributed by atoms with Crippen molar-refractivity contribution < 1.29 is 5.11 Å². The summed E-state index contributed by atoms with van der Waals surface area (Å²) in [7, 11) is 1.87. The molecule has 1 aliphatic carbocycles. The van der Waals surface area contributed by atoms with Crippen LogP contribution in [0.3, 0.4) is 0 Å². The predicted molar refractivity (Wildman–Crippen MR) is 65.5 cm³/mol. The van der Waals surface area contributed by atoms with Crippen molar-refractivity contribution >= 4 is 0 Å². The average Bonchev–Trinajstić information content (AvgIpc) is 2.93. The van der Waals surface area contributed by atoms with Crippen molar-refractivity contribution in [1.29, 1.82) is 0 Å². The molecule has 0 radical (unpaired) electrons. The van der Waals surface area contributed by atoms with E-state index in [4.69, 9.17) is 0 Å². The summed E-state index contributed by atoms with van der Waals surface area (Å²) in [4.78, 5) is 0. The number of hydrogen-bond acceptors (Lipinski definition) is 2. The van der Waals surface area contributed by atoms with Crippen LogP contribution >= 0.6 is 0 Å². The molecule has 0 amide bonds. The van der Waals surface area contributed by atoms with Gasteiger partial charge in [-0.15, -0.1) is 0 Å². The maximum atomic E-state index is 10.3. The van der Waals surface area contributed by atoms with Crippen molar-refractivity contribution in [2.24, 2.45) is 13.0 Å². The molecule has 88 valence electrons. The second kappa shape index (κ2) is 4.00. The van der Waals surface area contributed by atoms with Crippen LogP contribution in [0.4, 0.5) is 0 Å². The molecule has 1 N–H and O–H groups in total. The van der Waals surface area contributed by atoms with E-state index in [1.54, 1.807) is 4.68 Å². The van der Waals surface area contributed by atoms with Gasteiger partial charge in [-0.1, -0.05) is 24.3 Å². The Morgan fingerprint density at radius 2 is 1.88 bits per heavy atom. The highest BCUT2D eigenvalue weighted by Crippen LogP contribution is 2.34. The minimum absolute atomic E-state index is 0.266. The van der Waals surface area contributed by atoms with Gasteiger partial charge in [0.05, 0.1) is 5.69 Å². The molecule has 1 heterocycles. The molecule has 0 fully saturated rings. The van der Waals surface area contributed by atoms with Gasteiger partial charge in [0.15, 0.2) is 0 Å².